The van der Waals surface area contributed by atoms with Crippen molar-refractivity contribution in [2.45, 2.75) is 6.92 Å². The predicted molar refractivity (Wildman–Crippen MR) is 50.6 cm³/mol. The zero-order valence-corrected chi connectivity index (χ0v) is 7.57. The van der Waals surface area contributed by atoms with E-state index < -0.39 is 0 Å². The lowest BCUT2D eigenvalue weighted by Gasteiger charge is -2.11. The molecule has 0 bridgehead atoms. The number of phenols is 1. The average molecular weight is 188 g/mol. The highest BCUT2D eigenvalue weighted by molar-refractivity contribution is 6.23. The Kier molecular flexibility index (Phi) is 1.74. The molecule has 0 fully saturated rings. The lowest BCUT2D eigenvalue weighted by atomic mass is 9.92. The number of carbonyl (C=O) groups excluding carboxylic acids is 2. The molecule has 0 atom stereocenters. The van der Waals surface area contributed by atoms with E-state index in [1.165, 1.54) is 18.2 Å². The summed E-state index contributed by atoms with van der Waals surface area (Å²) in [6.07, 6.45) is 2.41. The topological polar surface area (TPSA) is 54.4 Å². The molecule has 14 heavy (non-hydrogen) atoms. The highest BCUT2D eigenvalue weighted by Gasteiger charge is 2.22. The highest BCUT2D eigenvalue weighted by Crippen LogP contribution is 2.27. The number of aromatic hydroxyl groups is 1. The fourth-order valence-corrected chi connectivity index (χ4v) is 1.55. The number of benzene rings is 1. The van der Waals surface area contributed by atoms with Crippen molar-refractivity contribution < 1.29 is 14.7 Å². The van der Waals surface area contributed by atoms with E-state index in [2.05, 4.69) is 0 Å². The molecule has 1 aromatic carbocycles. The zero-order chi connectivity index (χ0) is 10.3. The minimum Gasteiger partial charge on any atom is -0.507 e. The standard InChI is InChI=1S/C11H8O3/c1-6-4-7-8(12)2-3-9(13)11(7)10(14)5-6/h2-5,14H,1H3. The number of rotatable bonds is 0. The minimum absolute atomic E-state index is 0.114. The van der Waals surface area contributed by atoms with E-state index in [0.29, 0.717) is 0 Å². The summed E-state index contributed by atoms with van der Waals surface area (Å²) < 4.78 is 0. The summed E-state index contributed by atoms with van der Waals surface area (Å²) in [5.41, 5.74) is 1.16. The molecule has 1 aromatic rings. The van der Waals surface area contributed by atoms with Gasteiger partial charge in [0.2, 0.25) is 0 Å². The Morgan fingerprint density at radius 1 is 1.07 bits per heavy atom. The number of hydrogen-bond donors (Lipinski definition) is 1. The van der Waals surface area contributed by atoms with Gasteiger partial charge in [-0.3, -0.25) is 9.59 Å². The third-order valence-electron chi connectivity index (χ3n) is 2.16. The second-order valence-corrected chi connectivity index (χ2v) is 3.27. The van der Waals surface area contributed by atoms with Gasteiger partial charge in [0.05, 0.1) is 5.56 Å². The van der Waals surface area contributed by atoms with E-state index in [4.69, 9.17) is 0 Å². The smallest absolute Gasteiger partial charge is 0.190 e. The third kappa shape index (κ3) is 1.14. The van der Waals surface area contributed by atoms with Gasteiger partial charge in [0, 0.05) is 5.56 Å². The third-order valence-corrected chi connectivity index (χ3v) is 2.16. The summed E-state index contributed by atoms with van der Waals surface area (Å²) in [4.78, 5) is 22.7. The maximum atomic E-state index is 11.4. The van der Waals surface area contributed by atoms with Crippen LogP contribution >= 0.6 is 0 Å². The van der Waals surface area contributed by atoms with Crippen LogP contribution < -0.4 is 0 Å². The SMILES string of the molecule is Cc1cc(O)c2c(c1)C(=O)C=CC2=O. The summed E-state index contributed by atoms with van der Waals surface area (Å²) in [5, 5.41) is 9.52. The Labute approximate surface area is 80.7 Å². The van der Waals surface area contributed by atoms with E-state index >= 15 is 0 Å². The molecule has 0 aliphatic heterocycles. The Morgan fingerprint density at radius 2 is 1.71 bits per heavy atom. The number of aryl methyl sites for hydroxylation is 1. The van der Waals surface area contributed by atoms with Crippen molar-refractivity contribution in [1.29, 1.82) is 0 Å². The van der Waals surface area contributed by atoms with Crippen LogP contribution in [-0.4, -0.2) is 16.7 Å². The van der Waals surface area contributed by atoms with Crippen LogP contribution in [0.15, 0.2) is 24.3 Å². The van der Waals surface area contributed by atoms with Gasteiger partial charge in [0.15, 0.2) is 11.6 Å². The summed E-state index contributed by atoms with van der Waals surface area (Å²) in [5.74, 6) is -0.682. The van der Waals surface area contributed by atoms with Gasteiger partial charge >= 0.3 is 0 Å². The number of hydrogen-bond acceptors (Lipinski definition) is 3. The van der Waals surface area contributed by atoms with E-state index in [9.17, 15) is 14.7 Å². The van der Waals surface area contributed by atoms with Gasteiger partial charge < -0.3 is 5.11 Å². The summed E-state index contributed by atoms with van der Waals surface area (Å²) in [6, 6.07) is 3.09. The molecule has 3 heteroatoms. The second kappa shape index (κ2) is 2.80. The molecule has 70 valence electrons. The van der Waals surface area contributed by atoms with E-state index in [1.54, 1.807) is 13.0 Å². The number of allylic oxidation sites excluding steroid dienone is 2. The van der Waals surface area contributed by atoms with Crippen LogP contribution in [0, 0.1) is 6.92 Å². The molecule has 3 nitrogen and oxygen atoms in total. The molecule has 0 radical (unpaired) electrons. The Balaban J connectivity index is 2.78. The molecule has 0 spiro atoms. The molecule has 0 saturated heterocycles. The molecule has 1 aliphatic carbocycles. The van der Waals surface area contributed by atoms with Crippen LogP contribution in [0.1, 0.15) is 26.3 Å². The van der Waals surface area contributed by atoms with Crippen LogP contribution in [0.4, 0.5) is 0 Å². The van der Waals surface area contributed by atoms with Crippen LogP contribution in [0.3, 0.4) is 0 Å². The number of ketones is 2. The van der Waals surface area contributed by atoms with Crippen LogP contribution in [0.5, 0.6) is 5.75 Å². The van der Waals surface area contributed by atoms with Crippen molar-refractivity contribution in [1.82, 2.24) is 0 Å². The van der Waals surface area contributed by atoms with Gasteiger partial charge in [0.1, 0.15) is 5.75 Å². The monoisotopic (exact) mass is 188 g/mol. The van der Waals surface area contributed by atoms with E-state index in [0.717, 1.165) is 5.56 Å². The number of fused-ring (bicyclic) bond motifs is 1. The maximum Gasteiger partial charge on any atom is 0.190 e. The van der Waals surface area contributed by atoms with Gasteiger partial charge in [-0.1, -0.05) is 0 Å². The highest BCUT2D eigenvalue weighted by atomic mass is 16.3. The first-order valence-corrected chi connectivity index (χ1v) is 4.20. The normalized spacial score (nSPS) is 14.4. The first kappa shape index (κ1) is 8.69. The quantitative estimate of drug-likeness (QED) is 0.673. The molecule has 2 rings (SSSR count). The van der Waals surface area contributed by atoms with Crippen LogP contribution in [-0.2, 0) is 0 Å². The van der Waals surface area contributed by atoms with E-state index in [1.807, 2.05) is 0 Å². The lowest BCUT2D eigenvalue weighted by molar-refractivity contribution is 0.0991. The van der Waals surface area contributed by atoms with Gasteiger partial charge in [-0.2, -0.15) is 0 Å². The molecule has 0 unspecified atom stereocenters. The second-order valence-electron chi connectivity index (χ2n) is 3.27. The van der Waals surface area contributed by atoms with Gasteiger partial charge in [0.25, 0.3) is 0 Å². The molecule has 0 amide bonds. The van der Waals surface area contributed by atoms with Crippen molar-refractivity contribution in [3.63, 3.8) is 0 Å². The molecular weight excluding hydrogens is 180 g/mol. The summed E-state index contributed by atoms with van der Waals surface area (Å²) in [6.45, 7) is 1.76. The van der Waals surface area contributed by atoms with Gasteiger partial charge in [-0.05, 0) is 36.8 Å². The van der Waals surface area contributed by atoms with Gasteiger partial charge in [-0.15, -0.1) is 0 Å². The summed E-state index contributed by atoms with van der Waals surface area (Å²) in [7, 11) is 0. The minimum atomic E-state index is -0.322. The molecule has 0 aromatic heterocycles. The number of phenolic OH excluding ortho intramolecular Hbond substituents is 1. The molecule has 0 heterocycles. The Bertz CT molecular complexity index is 470. The van der Waals surface area contributed by atoms with Crippen molar-refractivity contribution >= 4 is 11.6 Å². The first-order chi connectivity index (χ1) is 6.59. The van der Waals surface area contributed by atoms with Crippen molar-refractivity contribution in [2.24, 2.45) is 0 Å². The molecule has 1 N–H and O–H groups in total. The number of carbonyl (C=O) groups is 2. The Morgan fingerprint density at radius 3 is 2.43 bits per heavy atom. The van der Waals surface area contributed by atoms with Crippen molar-refractivity contribution in [3.05, 3.63) is 41.0 Å². The van der Waals surface area contributed by atoms with Crippen LogP contribution in [0.25, 0.3) is 0 Å². The predicted octanol–water partition coefficient (Wildman–Crippen LogP) is 1.64. The molecule has 0 saturated carbocycles. The summed E-state index contributed by atoms with van der Waals surface area (Å²) >= 11 is 0. The lowest BCUT2D eigenvalue weighted by Crippen LogP contribution is -2.11. The Hall–Kier alpha value is -1.90. The van der Waals surface area contributed by atoms with Gasteiger partial charge in [-0.25, -0.2) is 0 Å². The fourth-order valence-electron chi connectivity index (χ4n) is 1.55. The first-order valence-electron chi connectivity index (χ1n) is 4.20. The van der Waals surface area contributed by atoms with Crippen molar-refractivity contribution in [3.8, 4) is 5.75 Å². The zero-order valence-electron chi connectivity index (χ0n) is 7.57. The van der Waals surface area contributed by atoms with Crippen molar-refractivity contribution in [2.75, 3.05) is 0 Å². The van der Waals surface area contributed by atoms with E-state index in [-0.39, 0.29) is 28.4 Å². The fraction of sp³-hybridized carbons (Fsp3) is 0.0909. The molecule has 1 aliphatic rings. The maximum absolute atomic E-state index is 11.4. The molecular formula is C11H8O3. The largest absolute Gasteiger partial charge is 0.507 e. The van der Waals surface area contributed by atoms with Crippen LogP contribution in [0.2, 0.25) is 0 Å². The average Bonchev–Trinajstić information content (AvgIpc) is 2.10.